The zero-order chi connectivity index (χ0) is 26.8. The van der Waals surface area contributed by atoms with E-state index >= 15 is 0 Å². The van der Waals surface area contributed by atoms with E-state index in [0.29, 0.717) is 12.0 Å². The molecule has 0 fully saturated rings. The molecule has 0 bridgehead atoms. The second kappa shape index (κ2) is 8.39. The minimum atomic E-state index is -4.29. The molecule has 2 aromatic carbocycles. The molecule has 0 radical (unpaired) electrons. The molecule has 194 valence electrons. The summed E-state index contributed by atoms with van der Waals surface area (Å²) in [6.45, 7) is -0.0128. The van der Waals surface area contributed by atoms with Crippen LogP contribution in [0.15, 0.2) is 81.4 Å². The second-order valence-electron chi connectivity index (χ2n) is 8.92. The lowest BCUT2D eigenvalue weighted by atomic mass is 10.1. The molecule has 2 aliphatic rings. The quantitative estimate of drug-likeness (QED) is 0.386. The van der Waals surface area contributed by atoms with E-state index in [1.165, 1.54) is 63.9 Å². The molecular formula is C25H19FN4O6S2. The van der Waals surface area contributed by atoms with Gasteiger partial charge in [-0.1, -0.05) is 24.3 Å². The number of hydrogen-bond donors (Lipinski definition) is 2. The van der Waals surface area contributed by atoms with Crippen molar-refractivity contribution in [3.8, 4) is 0 Å². The van der Waals surface area contributed by atoms with Gasteiger partial charge in [0.05, 0.1) is 22.9 Å². The van der Waals surface area contributed by atoms with Crippen molar-refractivity contribution in [2.24, 2.45) is 0 Å². The van der Waals surface area contributed by atoms with E-state index in [2.05, 4.69) is 10.0 Å². The molecule has 0 saturated heterocycles. The van der Waals surface area contributed by atoms with Crippen molar-refractivity contribution < 1.29 is 21.2 Å². The normalized spacial score (nSPS) is 18.9. The predicted octanol–water partition coefficient (Wildman–Crippen LogP) is 0.997. The SMILES string of the molecule is O=c1/c(=C2/Nc3ccc(C4=CCCS4(=O)=O)cc3S(=O)(=O)N2)c(=O)n(Cc2ccc(F)cc2)n2cccc12. The molecule has 0 spiro atoms. The number of anilines is 1. The van der Waals surface area contributed by atoms with Crippen LogP contribution in [0.4, 0.5) is 10.1 Å². The van der Waals surface area contributed by atoms with Crippen LogP contribution < -0.4 is 26.2 Å². The molecule has 0 atom stereocenters. The lowest BCUT2D eigenvalue weighted by Crippen LogP contribution is -2.52. The molecule has 0 aliphatic carbocycles. The van der Waals surface area contributed by atoms with Gasteiger partial charge < -0.3 is 5.32 Å². The Morgan fingerprint density at radius 3 is 2.45 bits per heavy atom. The van der Waals surface area contributed by atoms with Crippen molar-refractivity contribution in [2.45, 2.75) is 17.9 Å². The first-order valence-electron chi connectivity index (χ1n) is 11.5. The molecule has 4 heterocycles. The van der Waals surface area contributed by atoms with Gasteiger partial charge in [0.2, 0.25) is 5.43 Å². The Morgan fingerprint density at radius 1 is 0.974 bits per heavy atom. The third kappa shape index (κ3) is 3.82. The summed E-state index contributed by atoms with van der Waals surface area (Å²) in [7, 11) is -7.79. The van der Waals surface area contributed by atoms with Crippen LogP contribution >= 0.6 is 0 Å². The Kier molecular flexibility index (Phi) is 5.33. The number of benzene rings is 2. The molecule has 0 unspecified atom stereocenters. The van der Waals surface area contributed by atoms with Gasteiger partial charge in [0.1, 0.15) is 27.3 Å². The van der Waals surface area contributed by atoms with Crippen LogP contribution in [0.1, 0.15) is 17.5 Å². The Morgan fingerprint density at radius 2 is 1.74 bits per heavy atom. The first-order valence-corrected chi connectivity index (χ1v) is 14.6. The Labute approximate surface area is 215 Å². The summed E-state index contributed by atoms with van der Waals surface area (Å²) in [5, 5.41) is 2.41. The van der Waals surface area contributed by atoms with E-state index in [1.807, 2.05) is 0 Å². The van der Waals surface area contributed by atoms with Crippen molar-refractivity contribution in [3.63, 3.8) is 0 Å². The van der Waals surface area contributed by atoms with Gasteiger partial charge in [-0.05, 0) is 53.9 Å². The highest BCUT2D eigenvalue weighted by Crippen LogP contribution is 2.34. The number of sulfonamides is 1. The minimum Gasteiger partial charge on any atom is -0.339 e. The lowest BCUT2D eigenvalue weighted by Gasteiger charge is -2.23. The van der Waals surface area contributed by atoms with Crippen molar-refractivity contribution >= 4 is 41.8 Å². The molecule has 0 saturated carbocycles. The van der Waals surface area contributed by atoms with Crippen molar-refractivity contribution in [2.75, 3.05) is 11.1 Å². The summed E-state index contributed by atoms with van der Waals surface area (Å²) in [5.41, 5.74) is -0.423. The molecule has 2 aliphatic heterocycles. The van der Waals surface area contributed by atoms with Crippen LogP contribution in [-0.4, -0.2) is 31.8 Å². The number of nitrogens with one attached hydrogen (secondary N) is 2. The largest absolute Gasteiger partial charge is 0.339 e. The first-order chi connectivity index (χ1) is 18.0. The summed E-state index contributed by atoms with van der Waals surface area (Å²) in [4.78, 5) is 26.8. The number of nitrogens with zero attached hydrogens (tertiary/aromatic N) is 2. The standard InChI is InChI=1S/C25H19FN4O6S2/c26-17-8-5-15(6-9-17)14-30-25(32)22(23(31)19-3-1-11-29(19)30)24-27-18-10-7-16(13-21(18)38(35,36)28-24)20-4-2-12-37(20,33)34/h1,3-11,13,27-28H,2,12,14H2/b24-22+. The molecular weight excluding hydrogens is 535 g/mol. The monoisotopic (exact) mass is 554 g/mol. The third-order valence-electron chi connectivity index (χ3n) is 6.49. The maximum Gasteiger partial charge on any atom is 0.280 e. The number of aromatic nitrogens is 2. The highest BCUT2D eigenvalue weighted by molar-refractivity contribution is 8.00. The van der Waals surface area contributed by atoms with Gasteiger partial charge in [-0.3, -0.25) is 18.8 Å². The maximum absolute atomic E-state index is 13.6. The van der Waals surface area contributed by atoms with Crippen LogP contribution in [-0.2, 0) is 26.4 Å². The number of fused-ring (bicyclic) bond motifs is 2. The second-order valence-corrected chi connectivity index (χ2v) is 12.7. The lowest BCUT2D eigenvalue weighted by molar-refractivity contribution is 0.586. The Balaban J connectivity index is 1.54. The van der Waals surface area contributed by atoms with Gasteiger partial charge >= 0.3 is 0 Å². The smallest absolute Gasteiger partial charge is 0.280 e. The number of rotatable bonds is 3. The van der Waals surface area contributed by atoms with Crippen LogP contribution in [0.5, 0.6) is 0 Å². The molecule has 13 heteroatoms. The third-order valence-corrected chi connectivity index (χ3v) is 9.73. The highest BCUT2D eigenvalue weighted by atomic mass is 32.2. The zero-order valence-corrected chi connectivity index (χ0v) is 21.1. The van der Waals surface area contributed by atoms with E-state index < -0.39 is 41.9 Å². The van der Waals surface area contributed by atoms with E-state index in [1.54, 1.807) is 12.1 Å². The zero-order valence-electron chi connectivity index (χ0n) is 19.5. The van der Waals surface area contributed by atoms with E-state index in [0.717, 1.165) is 0 Å². The molecule has 6 rings (SSSR count). The van der Waals surface area contributed by atoms with Crippen LogP contribution in [0.3, 0.4) is 0 Å². The number of hydrogen-bond acceptors (Lipinski definition) is 7. The van der Waals surface area contributed by atoms with E-state index in [-0.39, 0.29) is 44.7 Å². The van der Waals surface area contributed by atoms with Gasteiger partial charge in [0, 0.05) is 6.20 Å². The molecule has 4 aromatic rings. The Bertz CT molecular complexity index is 2080. The summed E-state index contributed by atoms with van der Waals surface area (Å²) in [6.07, 6.45) is 3.41. The first kappa shape index (κ1) is 24.1. The Hall–Kier alpha value is -4.23. The van der Waals surface area contributed by atoms with Gasteiger partial charge in [-0.2, -0.15) is 0 Å². The fourth-order valence-electron chi connectivity index (χ4n) is 4.69. The fourth-order valence-corrected chi connectivity index (χ4v) is 7.42. The fraction of sp³-hybridized carbons (Fsp3) is 0.120. The molecule has 2 aromatic heterocycles. The summed E-state index contributed by atoms with van der Waals surface area (Å²) in [6, 6.07) is 12.7. The van der Waals surface area contributed by atoms with Gasteiger partial charge in [0.25, 0.3) is 15.6 Å². The van der Waals surface area contributed by atoms with Crippen molar-refractivity contribution in [1.29, 1.82) is 0 Å². The van der Waals surface area contributed by atoms with Crippen LogP contribution in [0.25, 0.3) is 16.2 Å². The van der Waals surface area contributed by atoms with E-state index in [4.69, 9.17) is 0 Å². The summed E-state index contributed by atoms with van der Waals surface area (Å²) in [5.74, 6) is -0.799. The van der Waals surface area contributed by atoms with Gasteiger partial charge in [0.15, 0.2) is 9.84 Å². The molecule has 2 N–H and O–H groups in total. The van der Waals surface area contributed by atoms with Crippen molar-refractivity contribution in [1.82, 2.24) is 13.9 Å². The summed E-state index contributed by atoms with van der Waals surface area (Å²) >= 11 is 0. The molecule has 0 amide bonds. The van der Waals surface area contributed by atoms with Gasteiger partial charge in [-0.15, -0.1) is 0 Å². The van der Waals surface area contributed by atoms with Crippen LogP contribution in [0.2, 0.25) is 0 Å². The van der Waals surface area contributed by atoms with E-state index in [9.17, 15) is 30.8 Å². The van der Waals surface area contributed by atoms with Gasteiger partial charge in [-0.25, -0.2) is 25.9 Å². The summed E-state index contributed by atoms with van der Waals surface area (Å²) < 4.78 is 69.4. The highest BCUT2D eigenvalue weighted by Gasteiger charge is 2.31. The predicted molar refractivity (Wildman–Crippen MR) is 139 cm³/mol. The maximum atomic E-state index is 13.6. The van der Waals surface area contributed by atoms with Crippen LogP contribution in [0, 0.1) is 5.82 Å². The molecule has 10 nitrogen and oxygen atoms in total. The average molecular weight is 555 g/mol. The average Bonchev–Trinajstić information content (AvgIpc) is 3.49. The van der Waals surface area contributed by atoms with Crippen molar-refractivity contribution in [3.05, 3.63) is 110 Å². The molecule has 38 heavy (non-hydrogen) atoms. The number of halogens is 1. The topological polar surface area (TPSA) is 136 Å². The minimum absolute atomic E-state index is 0.0128. The number of allylic oxidation sites excluding steroid dienone is 1. The number of sulfone groups is 1.